The van der Waals surface area contributed by atoms with Gasteiger partial charge in [-0.3, -0.25) is 4.79 Å². The Morgan fingerprint density at radius 1 is 1.38 bits per heavy atom. The molecular formula is C20H33N3O4S2. The monoisotopic (exact) mass is 443 g/mol. The highest BCUT2D eigenvalue weighted by Gasteiger charge is 2.36. The number of thioether (sulfide) groups is 1. The highest BCUT2D eigenvalue weighted by molar-refractivity contribution is 7.99. The summed E-state index contributed by atoms with van der Waals surface area (Å²) >= 11 is 1.44. The smallest absolute Gasteiger partial charge is 0.233 e. The number of nitrogens with zero attached hydrogens (tertiary/aromatic N) is 3. The minimum Gasteiger partial charge on any atom is -0.376 e. The van der Waals surface area contributed by atoms with Gasteiger partial charge in [-0.1, -0.05) is 18.7 Å². The summed E-state index contributed by atoms with van der Waals surface area (Å²) in [5.41, 5.74) is 2.08. The largest absolute Gasteiger partial charge is 0.376 e. The zero-order chi connectivity index (χ0) is 21.2. The highest BCUT2D eigenvalue weighted by Crippen LogP contribution is 2.27. The Bertz CT molecular complexity index is 831. The van der Waals surface area contributed by atoms with Crippen LogP contribution in [0.25, 0.3) is 0 Å². The van der Waals surface area contributed by atoms with Crippen LogP contribution in [0.1, 0.15) is 50.9 Å². The molecule has 29 heavy (non-hydrogen) atoms. The van der Waals surface area contributed by atoms with Gasteiger partial charge in [-0.15, -0.1) is 0 Å². The number of hydrogen-bond donors (Lipinski definition) is 0. The van der Waals surface area contributed by atoms with Gasteiger partial charge in [0.15, 0.2) is 15.0 Å². The maximum Gasteiger partial charge on any atom is 0.233 e. The van der Waals surface area contributed by atoms with E-state index in [-0.39, 0.29) is 41.4 Å². The topological polar surface area (TPSA) is 81.5 Å². The molecule has 2 saturated heterocycles. The van der Waals surface area contributed by atoms with E-state index in [1.165, 1.54) is 11.8 Å². The van der Waals surface area contributed by atoms with Crippen molar-refractivity contribution in [3.63, 3.8) is 0 Å². The van der Waals surface area contributed by atoms with Crippen molar-refractivity contribution >= 4 is 27.5 Å². The van der Waals surface area contributed by atoms with Crippen molar-refractivity contribution in [2.75, 3.05) is 23.9 Å². The Morgan fingerprint density at radius 2 is 2.14 bits per heavy atom. The number of imidazole rings is 1. The van der Waals surface area contributed by atoms with Crippen LogP contribution < -0.4 is 0 Å². The van der Waals surface area contributed by atoms with Gasteiger partial charge in [0, 0.05) is 24.4 Å². The van der Waals surface area contributed by atoms with Gasteiger partial charge in [-0.25, -0.2) is 13.4 Å². The standard InChI is InChI=1S/C20H33N3O4S2/c1-5-14(2)23(17-8-10-29(25,26)13-17)19(24)12-28-20-21-15(3)16(4)22(20)11-18-7-6-9-27-18/h14,17-18H,5-13H2,1-4H3. The molecule has 2 aliphatic heterocycles. The van der Waals surface area contributed by atoms with E-state index in [1.807, 2.05) is 25.7 Å². The molecule has 7 nitrogen and oxygen atoms in total. The number of sulfone groups is 1. The van der Waals surface area contributed by atoms with Gasteiger partial charge in [0.05, 0.1) is 35.6 Å². The Morgan fingerprint density at radius 3 is 2.72 bits per heavy atom. The molecule has 1 aromatic rings. The molecule has 164 valence electrons. The first-order chi connectivity index (χ1) is 13.7. The van der Waals surface area contributed by atoms with E-state index in [0.717, 1.165) is 49.0 Å². The molecule has 1 aromatic heterocycles. The first-order valence-electron chi connectivity index (χ1n) is 10.5. The number of carbonyl (C=O) groups is 1. The molecule has 1 amide bonds. The molecule has 0 spiro atoms. The van der Waals surface area contributed by atoms with Crippen molar-refractivity contribution in [2.45, 2.75) is 83.3 Å². The lowest BCUT2D eigenvalue weighted by Crippen LogP contribution is -2.47. The third-order valence-electron chi connectivity index (χ3n) is 6.11. The molecular weight excluding hydrogens is 410 g/mol. The second-order valence-electron chi connectivity index (χ2n) is 8.21. The van der Waals surface area contributed by atoms with Crippen molar-refractivity contribution in [2.24, 2.45) is 0 Å². The van der Waals surface area contributed by atoms with Crippen LogP contribution in [0.3, 0.4) is 0 Å². The summed E-state index contributed by atoms with van der Waals surface area (Å²) in [6.45, 7) is 9.65. The van der Waals surface area contributed by atoms with Gasteiger partial charge in [0.2, 0.25) is 5.91 Å². The van der Waals surface area contributed by atoms with E-state index in [2.05, 4.69) is 16.5 Å². The SMILES string of the molecule is CCC(C)N(C(=O)CSc1nc(C)c(C)n1CC1CCCO1)C1CCS(=O)(=O)C1. The average molecular weight is 444 g/mol. The molecule has 0 aromatic carbocycles. The summed E-state index contributed by atoms with van der Waals surface area (Å²) in [5.74, 6) is 0.519. The van der Waals surface area contributed by atoms with Gasteiger partial charge in [0.25, 0.3) is 0 Å². The fraction of sp³-hybridized carbons (Fsp3) is 0.800. The molecule has 0 radical (unpaired) electrons. The maximum absolute atomic E-state index is 13.1. The normalized spacial score (nSPS) is 24.7. The van der Waals surface area contributed by atoms with Gasteiger partial charge < -0.3 is 14.2 Å². The fourth-order valence-electron chi connectivity index (χ4n) is 4.14. The van der Waals surface area contributed by atoms with Crippen LogP contribution in [0, 0.1) is 13.8 Å². The number of hydrogen-bond acceptors (Lipinski definition) is 6. The lowest BCUT2D eigenvalue weighted by atomic mass is 10.1. The number of rotatable bonds is 8. The highest BCUT2D eigenvalue weighted by atomic mass is 32.2. The van der Waals surface area contributed by atoms with Gasteiger partial charge >= 0.3 is 0 Å². The molecule has 3 atom stereocenters. The zero-order valence-corrected chi connectivity index (χ0v) is 19.5. The van der Waals surface area contributed by atoms with Crippen LogP contribution >= 0.6 is 11.8 Å². The number of aromatic nitrogens is 2. The van der Waals surface area contributed by atoms with Crippen LogP contribution in [0.2, 0.25) is 0 Å². The van der Waals surface area contributed by atoms with Crippen LogP contribution in [-0.4, -0.2) is 70.8 Å². The second-order valence-corrected chi connectivity index (χ2v) is 11.4. The van der Waals surface area contributed by atoms with Gasteiger partial charge in [-0.2, -0.15) is 0 Å². The third kappa shape index (κ3) is 5.35. The lowest BCUT2D eigenvalue weighted by Gasteiger charge is -2.33. The number of amides is 1. The van der Waals surface area contributed by atoms with Crippen molar-refractivity contribution < 1.29 is 17.9 Å². The minimum absolute atomic E-state index is 0.00609. The van der Waals surface area contributed by atoms with E-state index in [4.69, 9.17) is 4.74 Å². The molecule has 0 saturated carbocycles. The molecule has 2 fully saturated rings. The van der Waals surface area contributed by atoms with E-state index in [1.54, 1.807) is 0 Å². The Hall–Kier alpha value is -1.06. The zero-order valence-electron chi connectivity index (χ0n) is 17.9. The summed E-state index contributed by atoms with van der Waals surface area (Å²) in [6, 6.07) is -0.185. The second kappa shape index (κ2) is 9.39. The van der Waals surface area contributed by atoms with Crippen LogP contribution in [-0.2, 0) is 25.9 Å². The first kappa shape index (κ1) is 22.6. The molecule has 9 heteroatoms. The predicted octanol–water partition coefficient (Wildman–Crippen LogP) is 2.59. The van der Waals surface area contributed by atoms with Crippen LogP contribution in [0.5, 0.6) is 0 Å². The summed E-state index contributed by atoms with van der Waals surface area (Å²) < 4.78 is 31.8. The molecule has 0 aliphatic carbocycles. The quantitative estimate of drug-likeness (QED) is 0.575. The maximum atomic E-state index is 13.1. The van der Waals surface area contributed by atoms with Crippen LogP contribution in [0.15, 0.2) is 5.16 Å². The summed E-state index contributed by atoms with van der Waals surface area (Å²) in [4.78, 5) is 19.6. The number of carbonyl (C=O) groups excluding carboxylic acids is 1. The summed E-state index contributed by atoms with van der Waals surface area (Å²) in [6.07, 6.45) is 3.69. The third-order valence-corrected chi connectivity index (χ3v) is 8.82. The minimum atomic E-state index is -3.04. The van der Waals surface area contributed by atoms with E-state index in [9.17, 15) is 13.2 Å². The Balaban J connectivity index is 1.70. The number of aryl methyl sites for hydroxylation is 1. The van der Waals surface area contributed by atoms with Gasteiger partial charge in [-0.05, 0) is 46.5 Å². The molecule has 0 N–H and O–H groups in total. The van der Waals surface area contributed by atoms with Crippen molar-refractivity contribution in [3.05, 3.63) is 11.4 Å². The van der Waals surface area contributed by atoms with E-state index in [0.29, 0.717) is 6.42 Å². The predicted molar refractivity (Wildman–Crippen MR) is 115 cm³/mol. The Labute approximate surface area is 178 Å². The van der Waals surface area contributed by atoms with E-state index >= 15 is 0 Å². The number of ether oxygens (including phenoxy) is 1. The fourth-order valence-corrected chi connectivity index (χ4v) is 6.82. The van der Waals surface area contributed by atoms with Crippen molar-refractivity contribution in [3.8, 4) is 0 Å². The molecule has 0 bridgehead atoms. The van der Waals surface area contributed by atoms with E-state index < -0.39 is 9.84 Å². The molecule has 3 unspecified atom stereocenters. The van der Waals surface area contributed by atoms with Crippen molar-refractivity contribution in [1.29, 1.82) is 0 Å². The lowest BCUT2D eigenvalue weighted by molar-refractivity contribution is -0.132. The van der Waals surface area contributed by atoms with Crippen LogP contribution in [0.4, 0.5) is 0 Å². The van der Waals surface area contributed by atoms with Crippen molar-refractivity contribution in [1.82, 2.24) is 14.5 Å². The Kier molecular flexibility index (Phi) is 7.32. The van der Waals surface area contributed by atoms with Gasteiger partial charge in [0.1, 0.15) is 0 Å². The molecule has 3 heterocycles. The molecule has 3 rings (SSSR count). The average Bonchev–Trinajstić information content (AvgIpc) is 3.37. The summed E-state index contributed by atoms with van der Waals surface area (Å²) in [5, 5.41) is 0.840. The molecule has 2 aliphatic rings. The first-order valence-corrected chi connectivity index (χ1v) is 13.3. The summed E-state index contributed by atoms with van der Waals surface area (Å²) in [7, 11) is -3.04.